The molecular formula is C27H24ClFN4O. The summed E-state index contributed by atoms with van der Waals surface area (Å²) in [6, 6.07) is 21.9. The molecule has 0 unspecified atom stereocenters. The number of hydrogen-bond donors (Lipinski definition) is 0. The lowest BCUT2D eigenvalue weighted by Gasteiger charge is -2.36. The van der Waals surface area contributed by atoms with Crippen molar-refractivity contribution in [2.45, 2.75) is 12.8 Å². The number of anilines is 1. The predicted molar refractivity (Wildman–Crippen MR) is 133 cm³/mol. The summed E-state index contributed by atoms with van der Waals surface area (Å²) in [4.78, 5) is 26.6. The molecule has 2 heterocycles. The molecule has 0 aliphatic carbocycles. The average molecular weight is 475 g/mol. The van der Waals surface area contributed by atoms with Gasteiger partial charge in [-0.1, -0.05) is 54.1 Å². The molecule has 172 valence electrons. The van der Waals surface area contributed by atoms with Crippen molar-refractivity contribution >= 4 is 34.2 Å². The molecule has 4 aromatic rings. The highest BCUT2D eigenvalue weighted by molar-refractivity contribution is 6.31. The molecule has 0 atom stereocenters. The summed E-state index contributed by atoms with van der Waals surface area (Å²) in [7, 11) is 0. The lowest BCUT2D eigenvalue weighted by atomic mass is 10.1. The van der Waals surface area contributed by atoms with Gasteiger partial charge in [0.05, 0.1) is 11.9 Å². The maximum absolute atomic E-state index is 13.1. The van der Waals surface area contributed by atoms with Crippen LogP contribution in [0.1, 0.15) is 17.0 Å². The molecule has 0 spiro atoms. The van der Waals surface area contributed by atoms with E-state index in [4.69, 9.17) is 21.6 Å². The Hall–Kier alpha value is -3.51. The first-order chi connectivity index (χ1) is 16.5. The lowest BCUT2D eigenvalue weighted by Crippen LogP contribution is -2.49. The van der Waals surface area contributed by atoms with Crippen LogP contribution in [0.2, 0.25) is 5.02 Å². The zero-order chi connectivity index (χ0) is 23.5. The summed E-state index contributed by atoms with van der Waals surface area (Å²) in [5.41, 5.74) is 2.78. The van der Waals surface area contributed by atoms with Crippen molar-refractivity contribution in [2.24, 2.45) is 0 Å². The second-order valence-electron chi connectivity index (χ2n) is 8.46. The van der Waals surface area contributed by atoms with Gasteiger partial charge in [0.2, 0.25) is 5.91 Å². The second-order valence-corrected chi connectivity index (χ2v) is 8.89. The first kappa shape index (κ1) is 22.3. The van der Waals surface area contributed by atoms with Crippen molar-refractivity contribution in [2.75, 3.05) is 31.1 Å². The van der Waals surface area contributed by atoms with Gasteiger partial charge in [-0.2, -0.15) is 0 Å². The molecule has 0 bridgehead atoms. The van der Waals surface area contributed by atoms with Crippen LogP contribution in [0.25, 0.3) is 10.9 Å². The summed E-state index contributed by atoms with van der Waals surface area (Å²) >= 11 is 6.26. The van der Waals surface area contributed by atoms with E-state index in [0.717, 1.165) is 33.7 Å². The van der Waals surface area contributed by atoms with Crippen LogP contribution in [0.5, 0.6) is 0 Å². The summed E-state index contributed by atoms with van der Waals surface area (Å²) in [5, 5.41) is 1.59. The maximum Gasteiger partial charge on any atom is 0.227 e. The van der Waals surface area contributed by atoms with Crippen molar-refractivity contribution in [3.63, 3.8) is 0 Å². The third-order valence-electron chi connectivity index (χ3n) is 6.09. The Bertz CT molecular complexity index is 1310. The van der Waals surface area contributed by atoms with Crippen LogP contribution in [0, 0.1) is 5.82 Å². The number of rotatable bonds is 5. The number of carbonyl (C=O) groups excluding carboxylic acids is 1. The predicted octanol–water partition coefficient (Wildman–Crippen LogP) is 4.90. The highest BCUT2D eigenvalue weighted by Crippen LogP contribution is 2.28. The first-order valence-electron chi connectivity index (χ1n) is 11.3. The van der Waals surface area contributed by atoms with E-state index in [1.165, 1.54) is 12.1 Å². The molecule has 7 heteroatoms. The normalized spacial score (nSPS) is 13.9. The summed E-state index contributed by atoms with van der Waals surface area (Å²) in [6.45, 7) is 2.56. The number of piperazine rings is 1. The summed E-state index contributed by atoms with van der Waals surface area (Å²) < 4.78 is 13.1. The molecule has 1 aliphatic heterocycles. The second kappa shape index (κ2) is 9.77. The van der Waals surface area contributed by atoms with E-state index in [-0.39, 0.29) is 18.1 Å². The van der Waals surface area contributed by atoms with E-state index < -0.39 is 0 Å². The van der Waals surface area contributed by atoms with Gasteiger partial charge in [0.1, 0.15) is 17.5 Å². The molecule has 3 aromatic carbocycles. The number of benzene rings is 3. The van der Waals surface area contributed by atoms with Gasteiger partial charge >= 0.3 is 0 Å². The Kier molecular flexibility index (Phi) is 6.41. The standard InChI is InChI=1S/C27H24ClFN4O/c28-21-8-11-23-24(18-21)30-25(16-19-4-2-1-3-5-19)31-27(23)33-14-12-32(13-15-33)26(34)17-20-6-9-22(29)10-7-20/h1-11,18H,12-17H2. The van der Waals surface area contributed by atoms with E-state index in [2.05, 4.69) is 17.0 Å². The van der Waals surface area contributed by atoms with Gasteiger partial charge in [0.25, 0.3) is 0 Å². The van der Waals surface area contributed by atoms with Gasteiger partial charge in [-0.3, -0.25) is 4.79 Å². The smallest absolute Gasteiger partial charge is 0.227 e. The lowest BCUT2D eigenvalue weighted by molar-refractivity contribution is -0.130. The Morgan fingerprint density at radius 2 is 1.62 bits per heavy atom. The van der Waals surface area contributed by atoms with Gasteiger partial charge in [-0.15, -0.1) is 0 Å². The fourth-order valence-corrected chi connectivity index (χ4v) is 4.45. The third-order valence-corrected chi connectivity index (χ3v) is 6.33. The van der Waals surface area contributed by atoms with E-state index in [0.29, 0.717) is 37.6 Å². The molecule has 1 aromatic heterocycles. The molecule has 1 amide bonds. The molecular weight excluding hydrogens is 451 g/mol. The molecule has 0 saturated carbocycles. The van der Waals surface area contributed by atoms with Gasteiger partial charge < -0.3 is 9.80 Å². The van der Waals surface area contributed by atoms with Crippen LogP contribution in [0.15, 0.2) is 72.8 Å². The maximum atomic E-state index is 13.1. The Morgan fingerprint density at radius 1 is 0.882 bits per heavy atom. The molecule has 5 nitrogen and oxygen atoms in total. The molecule has 1 saturated heterocycles. The van der Waals surface area contributed by atoms with E-state index in [1.807, 2.05) is 41.3 Å². The minimum Gasteiger partial charge on any atom is -0.352 e. The number of carbonyl (C=O) groups is 1. The van der Waals surface area contributed by atoms with Crippen LogP contribution in [0.4, 0.5) is 10.2 Å². The average Bonchev–Trinajstić information content (AvgIpc) is 2.85. The minimum atomic E-state index is -0.296. The number of halogens is 2. The molecule has 0 radical (unpaired) electrons. The number of aromatic nitrogens is 2. The molecule has 5 rings (SSSR count). The van der Waals surface area contributed by atoms with Crippen LogP contribution in [-0.4, -0.2) is 47.0 Å². The quantitative estimate of drug-likeness (QED) is 0.412. The fraction of sp³-hybridized carbons (Fsp3) is 0.222. The summed E-state index contributed by atoms with van der Waals surface area (Å²) in [6.07, 6.45) is 0.906. The van der Waals surface area contributed by atoms with Crippen molar-refractivity contribution in [1.82, 2.24) is 14.9 Å². The van der Waals surface area contributed by atoms with E-state index in [1.54, 1.807) is 12.1 Å². The van der Waals surface area contributed by atoms with Gasteiger partial charge in [-0.05, 0) is 41.5 Å². The van der Waals surface area contributed by atoms with E-state index in [9.17, 15) is 9.18 Å². The molecule has 34 heavy (non-hydrogen) atoms. The largest absolute Gasteiger partial charge is 0.352 e. The Morgan fingerprint density at radius 3 is 2.35 bits per heavy atom. The zero-order valence-electron chi connectivity index (χ0n) is 18.6. The highest BCUT2D eigenvalue weighted by Gasteiger charge is 2.24. The monoisotopic (exact) mass is 474 g/mol. The van der Waals surface area contributed by atoms with Gasteiger partial charge in [0, 0.05) is 43.0 Å². The summed E-state index contributed by atoms with van der Waals surface area (Å²) in [5.74, 6) is 1.37. The van der Waals surface area contributed by atoms with Crippen LogP contribution < -0.4 is 4.90 Å². The van der Waals surface area contributed by atoms with Crippen LogP contribution >= 0.6 is 11.6 Å². The van der Waals surface area contributed by atoms with Gasteiger partial charge in [-0.25, -0.2) is 14.4 Å². The Balaban J connectivity index is 1.34. The van der Waals surface area contributed by atoms with Gasteiger partial charge in [0.15, 0.2) is 0 Å². The number of nitrogens with zero attached hydrogens (tertiary/aromatic N) is 4. The third kappa shape index (κ3) is 5.02. The van der Waals surface area contributed by atoms with Crippen LogP contribution in [-0.2, 0) is 17.6 Å². The number of amides is 1. The van der Waals surface area contributed by atoms with Crippen LogP contribution in [0.3, 0.4) is 0 Å². The SMILES string of the molecule is O=C(Cc1ccc(F)cc1)N1CCN(c2nc(Cc3ccccc3)nc3cc(Cl)ccc23)CC1. The van der Waals surface area contributed by atoms with E-state index >= 15 is 0 Å². The highest BCUT2D eigenvalue weighted by atomic mass is 35.5. The molecule has 0 N–H and O–H groups in total. The fourth-order valence-electron chi connectivity index (χ4n) is 4.29. The molecule has 1 fully saturated rings. The molecule has 1 aliphatic rings. The minimum absolute atomic E-state index is 0.0513. The van der Waals surface area contributed by atoms with Crippen molar-refractivity contribution in [3.8, 4) is 0 Å². The first-order valence-corrected chi connectivity index (χ1v) is 11.7. The van der Waals surface area contributed by atoms with Crippen molar-refractivity contribution < 1.29 is 9.18 Å². The Labute approximate surface area is 202 Å². The van der Waals surface area contributed by atoms with Crippen molar-refractivity contribution in [1.29, 1.82) is 0 Å². The zero-order valence-corrected chi connectivity index (χ0v) is 19.4. The topological polar surface area (TPSA) is 49.3 Å². The number of hydrogen-bond acceptors (Lipinski definition) is 4. The number of fused-ring (bicyclic) bond motifs is 1. The van der Waals surface area contributed by atoms with Crippen molar-refractivity contribution in [3.05, 3.63) is 101 Å².